The lowest BCUT2D eigenvalue weighted by atomic mass is 10.0. The maximum Gasteiger partial charge on any atom is 0.260 e. The molecular weight excluding hydrogens is 460 g/mol. The van der Waals surface area contributed by atoms with Gasteiger partial charge in [0.1, 0.15) is 5.75 Å². The van der Waals surface area contributed by atoms with Gasteiger partial charge >= 0.3 is 0 Å². The average molecular weight is 485 g/mol. The van der Waals surface area contributed by atoms with Crippen LogP contribution >= 0.6 is 15.9 Å². The van der Waals surface area contributed by atoms with Gasteiger partial charge in [0.25, 0.3) is 5.91 Å². The van der Waals surface area contributed by atoms with E-state index in [0.29, 0.717) is 35.8 Å². The number of amides is 1. The molecule has 0 saturated carbocycles. The van der Waals surface area contributed by atoms with Gasteiger partial charge in [0.15, 0.2) is 11.5 Å². The second-order valence-corrected chi connectivity index (χ2v) is 8.31. The van der Waals surface area contributed by atoms with Crippen molar-refractivity contribution in [2.24, 2.45) is 4.99 Å². The molecule has 0 unspecified atom stereocenters. The third kappa shape index (κ3) is 4.19. The molecule has 1 atom stereocenters. The van der Waals surface area contributed by atoms with Crippen molar-refractivity contribution in [1.29, 1.82) is 0 Å². The molecule has 0 bridgehead atoms. The van der Waals surface area contributed by atoms with Gasteiger partial charge in [-0.05, 0) is 42.2 Å². The number of carbonyl (C=O) groups excluding carboxylic acids is 1. The zero-order chi connectivity index (χ0) is 22.0. The number of hydrogen-bond acceptors (Lipinski definition) is 5. The minimum absolute atomic E-state index is 0.100. The Kier molecular flexibility index (Phi) is 6.32. The van der Waals surface area contributed by atoms with Crippen LogP contribution in [0.3, 0.4) is 0 Å². The molecule has 0 spiro atoms. The monoisotopic (exact) mass is 484 g/mol. The summed E-state index contributed by atoms with van der Waals surface area (Å²) >= 11 is 3.40. The highest BCUT2D eigenvalue weighted by atomic mass is 79.9. The highest BCUT2D eigenvalue weighted by Crippen LogP contribution is 2.40. The minimum atomic E-state index is -0.133. The van der Waals surface area contributed by atoms with Crippen LogP contribution in [0, 0.1) is 6.92 Å². The summed E-state index contributed by atoms with van der Waals surface area (Å²) in [5.41, 5.74) is 4.30. The molecule has 2 heterocycles. The highest BCUT2D eigenvalue weighted by molar-refractivity contribution is 9.09. The van der Waals surface area contributed by atoms with Crippen molar-refractivity contribution in [2.75, 3.05) is 26.2 Å². The minimum Gasteiger partial charge on any atom is -0.496 e. The lowest BCUT2D eigenvalue weighted by Crippen LogP contribution is -2.32. The number of methoxy groups -OCH3 is 2. The van der Waals surface area contributed by atoms with Crippen LogP contribution in [0.1, 0.15) is 34.3 Å². The molecule has 162 valence electrons. The summed E-state index contributed by atoms with van der Waals surface area (Å²) in [4.78, 5) is 19.8. The Balaban J connectivity index is 1.65. The van der Waals surface area contributed by atoms with E-state index in [2.05, 4.69) is 27.0 Å². The van der Waals surface area contributed by atoms with Crippen molar-refractivity contribution >= 4 is 39.3 Å². The number of aliphatic imine (C=N–C) groups is 1. The maximum absolute atomic E-state index is 13.4. The fourth-order valence-corrected chi connectivity index (χ4v) is 4.06. The average Bonchev–Trinajstić information content (AvgIpc) is 3.17. The molecular formula is C24H25BrN2O4. The molecule has 6 nitrogen and oxygen atoms in total. The Hall–Kier alpha value is -2.80. The fraction of sp³-hybridized carbons (Fsp3) is 0.333. The maximum atomic E-state index is 13.4. The molecule has 2 aliphatic rings. The predicted octanol–water partition coefficient (Wildman–Crippen LogP) is 5.15. The molecule has 0 aromatic heterocycles. The van der Waals surface area contributed by atoms with Crippen molar-refractivity contribution in [3.8, 4) is 17.2 Å². The van der Waals surface area contributed by atoms with Gasteiger partial charge in [-0.3, -0.25) is 9.79 Å². The van der Waals surface area contributed by atoms with E-state index in [-0.39, 0.29) is 11.9 Å². The first kappa shape index (κ1) is 21.4. The molecule has 0 N–H and O–H groups in total. The number of hydrogen-bond donors (Lipinski definition) is 0. The third-order valence-electron chi connectivity index (χ3n) is 5.53. The Bertz CT molecular complexity index is 1060. The van der Waals surface area contributed by atoms with Crippen molar-refractivity contribution < 1.29 is 19.0 Å². The first-order chi connectivity index (χ1) is 15.0. The van der Waals surface area contributed by atoms with E-state index in [1.165, 1.54) is 0 Å². The Morgan fingerprint density at radius 2 is 1.94 bits per heavy atom. The van der Waals surface area contributed by atoms with Crippen molar-refractivity contribution in [3.05, 3.63) is 53.2 Å². The zero-order valence-corrected chi connectivity index (χ0v) is 19.4. The first-order valence-electron chi connectivity index (χ1n) is 10.2. The molecule has 2 aromatic rings. The molecule has 1 amide bonds. The molecule has 0 saturated heterocycles. The lowest BCUT2D eigenvalue weighted by molar-refractivity contribution is 0.0817. The van der Waals surface area contributed by atoms with E-state index in [0.717, 1.165) is 34.2 Å². The summed E-state index contributed by atoms with van der Waals surface area (Å²) in [5.74, 6) is 1.86. The van der Waals surface area contributed by atoms with Gasteiger partial charge in [-0.2, -0.15) is 0 Å². The van der Waals surface area contributed by atoms with Crippen LogP contribution in [-0.4, -0.2) is 49.2 Å². The molecule has 31 heavy (non-hydrogen) atoms. The summed E-state index contributed by atoms with van der Waals surface area (Å²) in [7, 11) is 3.24. The number of alkyl halides is 1. The molecule has 0 fully saturated rings. The first-order valence-corrected chi connectivity index (χ1v) is 11.3. The summed E-state index contributed by atoms with van der Waals surface area (Å²) < 4.78 is 16.8. The number of ether oxygens (including phenoxy) is 3. The number of rotatable bonds is 7. The van der Waals surface area contributed by atoms with Crippen molar-refractivity contribution in [1.82, 2.24) is 4.90 Å². The number of nitrogens with zero attached hydrogens (tertiary/aromatic N) is 2. The van der Waals surface area contributed by atoms with E-state index >= 15 is 0 Å². The number of carbonyl (C=O) groups is 1. The van der Waals surface area contributed by atoms with E-state index in [1.54, 1.807) is 31.3 Å². The van der Waals surface area contributed by atoms with Crippen LogP contribution in [0.25, 0.3) is 5.57 Å². The van der Waals surface area contributed by atoms with Crippen molar-refractivity contribution in [3.63, 3.8) is 0 Å². The number of halogens is 1. The van der Waals surface area contributed by atoms with Gasteiger partial charge in [0.05, 0.1) is 38.1 Å². The SMILES string of the molecule is COc1cc(C2=CN3C(=O)c4cc(OC)c(OCCCBr)cc4N=C[C@@H]3C2)ccc1C. The van der Waals surface area contributed by atoms with E-state index in [1.807, 2.05) is 31.5 Å². The van der Waals surface area contributed by atoms with E-state index in [9.17, 15) is 4.79 Å². The van der Waals surface area contributed by atoms with Gasteiger partial charge in [-0.25, -0.2) is 0 Å². The molecule has 7 heteroatoms. The summed E-state index contributed by atoms with van der Waals surface area (Å²) in [5, 5.41) is 0.856. The molecule has 0 aliphatic carbocycles. The normalized spacial score (nSPS) is 17.0. The molecule has 4 rings (SSSR count). The molecule has 2 aliphatic heterocycles. The largest absolute Gasteiger partial charge is 0.496 e. The van der Waals surface area contributed by atoms with E-state index < -0.39 is 0 Å². The van der Waals surface area contributed by atoms with Crippen LogP contribution in [0.4, 0.5) is 5.69 Å². The Labute approximate surface area is 190 Å². The van der Waals surface area contributed by atoms with Gasteiger partial charge in [-0.1, -0.05) is 28.1 Å². The molecule has 2 aromatic carbocycles. The summed E-state index contributed by atoms with van der Waals surface area (Å²) in [6.45, 7) is 2.57. The highest BCUT2D eigenvalue weighted by Gasteiger charge is 2.33. The molecule has 0 radical (unpaired) electrons. The predicted molar refractivity (Wildman–Crippen MR) is 125 cm³/mol. The lowest BCUT2D eigenvalue weighted by Gasteiger charge is -2.19. The number of benzene rings is 2. The van der Waals surface area contributed by atoms with E-state index in [4.69, 9.17) is 14.2 Å². The van der Waals surface area contributed by atoms with Crippen LogP contribution in [0.15, 0.2) is 41.5 Å². The van der Waals surface area contributed by atoms with Gasteiger partial charge in [-0.15, -0.1) is 0 Å². The van der Waals surface area contributed by atoms with Crippen LogP contribution in [0.2, 0.25) is 0 Å². The van der Waals surface area contributed by atoms with Crippen molar-refractivity contribution in [2.45, 2.75) is 25.8 Å². The van der Waals surface area contributed by atoms with Crippen LogP contribution in [0.5, 0.6) is 17.2 Å². The Morgan fingerprint density at radius 1 is 1.13 bits per heavy atom. The van der Waals surface area contributed by atoms with Gasteiger partial charge in [0.2, 0.25) is 0 Å². The number of fused-ring (bicyclic) bond motifs is 2. The zero-order valence-electron chi connectivity index (χ0n) is 17.9. The summed E-state index contributed by atoms with van der Waals surface area (Å²) in [6, 6.07) is 9.49. The second kappa shape index (κ2) is 9.14. The topological polar surface area (TPSA) is 60.4 Å². The number of aryl methyl sites for hydroxylation is 1. The third-order valence-corrected chi connectivity index (χ3v) is 6.09. The quantitative estimate of drug-likeness (QED) is 0.402. The Morgan fingerprint density at radius 3 is 2.68 bits per heavy atom. The summed E-state index contributed by atoms with van der Waals surface area (Å²) in [6.07, 6.45) is 5.33. The standard InChI is InChI=1S/C24H25BrN2O4/c1-15-5-6-16(10-21(15)29-2)17-9-18-13-26-20-12-23(31-8-4-7-25)22(30-3)11-19(20)24(28)27(18)14-17/h5-6,10-14,18H,4,7-9H2,1-3H3/t18-/m0/s1. The van der Waals surface area contributed by atoms with Crippen LogP contribution in [-0.2, 0) is 0 Å². The van der Waals surface area contributed by atoms with Gasteiger partial charge < -0.3 is 19.1 Å². The van der Waals surface area contributed by atoms with Gasteiger partial charge in [0, 0.05) is 30.2 Å². The smallest absolute Gasteiger partial charge is 0.260 e. The second-order valence-electron chi connectivity index (χ2n) is 7.51. The fourth-order valence-electron chi connectivity index (χ4n) is 3.83. The van der Waals surface area contributed by atoms with Crippen LogP contribution < -0.4 is 14.2 Å².